The number of rotatable bonds is 9. The third-order valence-electron chi connectivity index (χ3n) is 5.38. The first-order valence-electron chi connectivity index (χ1n) is 12.1. The van der Waals surface area contributed by atoms with Gasteiger partial charge in [-0.25, -0.2) is 9.78 Å². The van der Waals surface area contributed by atoms with E-state index in [1.165, 1.54) is 12.1 Å². The second kappa shape index (κ2) is 12.0. The highest BCUT2D eigenvalue weighted by atomic mass is 19.4. The molecule has 8 nitrogen and oxygen atoms in total. The van der Waals surface area contributed by atoms with Gasteiger partial charge in [0.15, 0.2) is 11.4 Å². The van der Waals surface area contributed by atoms with E-state index >= 15 is 0 Å². The molecule has 2 N–H and O–H groups in total. The molecule has 1 unspecified atom stereocenters. The number of amides is 1. The SMILES string of the molecule is CN/C(=C(/CNC(=O)OC(C)(C)C)N(C)C)c1ccc(O[C@H]2CCCC2OC(C)C)c(C(F)(F)F)n1. The summed E-state index contributed by atoms with van der Waals surface area (Å²) in [4.78, 5) is 17.8. The molecule has 2 atom stereocenters. The molecule has 1 saturated carbocycles. The number of ether oxygens (including phenoxy) is 3. The zero-order valence-electron chi connectivity index (χ0n) is 22.4. The van der Waals surface area contributed by atoms with Crippen molar-refractivity contribution in [2.75, 3.05) is 27.7 Å². The van der Waals surface area contributed by atoms with Gasteiger partial charge in [0.1, 0.15) is 11.7 Å². The van der Waals surface area contributed by atoms with Gasteiger partial charge in [-0.05, 0) is 66.0 Å². The molecule has 2 rings (SSSR count). The highest BCUT2D eigenvalue weighted by Crippen LogP contribution is 2.38. The van der Waals surface area contributed by atoms with Crippen molar-refractivity contribution in [1.29, 1.82) is 0 Å². The molecule has 0 radical (unpaired) electrons. The van der Waals surface area contributed by atoms with Crippen LogP contribution in [0, 0.1) is 0 Å². The Balaban J connectivity index is 2.39. The van der Waals surface area contributed by atoms with Gasteiger partial charge in [-0.1, -0.05) is 0 Å². The fraction of sp³-hybridized carbons (Fsp3) is 0.680. The minimum atomic E-state index is -4.73. The number of aromatic nitrogens is 1. The van der Waals surface area contributed by atoms with Gasteiger partial charge in [-0.2, -0.15) is 13.2 Å². The Kier molecular flexibility index (Phi) is 9.87. The average Bonchev–Trinajstić information content (AvgIpc) is 3.15. The number of likely N-dealkylation sites (N-methyl/N-ethyl adjacent to an activating group) is 1. The van der Waals surface area contributed by atoms with E-state index in [-0.39, 0.29) is 30.2 Å². The molecule has 204 valence electrons. The molecule has 1 aliphatic carbocycles. The maximum atomic E-state index is 14.1. The third-order valence-corrected chi connectivity index (χ3v) is 5.38. The monoisotopic (exact) mass is 516 g/mol. The smallest absolute Gasteiger partial charge is 0.437 e. The van der Waals surface area contributed by atoms with Crippen LogP contribution < -0.4 is 15.4 Å². The van der Waals surface area contributed by atoms with Gasteiger partial charge in [0, 0.05) is 21.1 Å². The third kappa shape index (κ3) is 8.46. The normalized spacial score (nSPS) is 19.1. The number of hydrogen-bond donors (Lipinski definition) is 2. The van der Waals surface area contributed by atoms with Gasteiger partial charge in [0.25, 0.3) is 0 Å². The van der Waals surface area contributed by atoms with E-state index in [1.54, 1.807) is 46.8 Å². The summed E-state index contributed by atoms with van der Waals surface area (Å²) in [5.74, 6) is -0.329. The van der Waals surface area contributed by atoms with Crippen LogP contribution in [0.2, 0.25) is 0 Å². The topological polar surface area (TPSA) is 85.0 Å². The minimum absolute atomic E-state index is 0.00959. The molecule has 0 saturated heterocycles. The number of alkyl carbamates (subject to hydrolysis) is 1. The number of hydrogen-bond acceptors (Lipinski definition) is 7. The lowest BCUT2D eigenvalue weighted by atomic mass is 10.1. The molecule has 1 fully saturated rings. The van der Waals surface area contributed by atoms with Crippen LogP contribution in [-0.2, 0) is 15.7 Å². The van der Waals surface area contributed by atoms with E-state index in [0.717, 1.165) is 12.8 Å². The van der Waals surface area contributed by atoms with E-state index in [4.69, 9.17) is 14.2 Å². The predicted molar refractivity (Wildman–Crippen MR) is 131 cm³/mol. The lowest BCUT2D eigenvalue weighted by Gasteiger charge is -2.26. The second-order valence-electron chi connectivity index (χ2n) is 10.2. The molecule has 1 aromatic rings. The van der Waals surface area contributed by atoms with Crippen LogP contribution in [0.15, 0.2) is 17.8 Å². The summed E-state index contributed by atoms with van der Waals surface area (Å²) in [5, 5.41) is 5.57. The van der Waals surface area contributed by atoms with Gasteiger partial charge in [0.2, 0.25) is 0 Å². The highest BCUT2D eigenvalue weighted by Gasteiger charge is 2.39. The van der Waals surface area contributed by atoms with Crippen LogP contribution in [0.5, 0.6) is 5.75 Å². The first-order valence-corrected chi connectivity index (χ1v) is 12.1. The summed E-state index contributed by atoms with van der Waals surface area (Å²) in [7, 11) is 5.03. The molecule has 0 spiro atoms. The Bertz CT molecular complexity index is 927. The zero-order valence-corrected chi connectivity index (χ0v) is 22.4. The largest absolute Gasteiger partial charge is 0.485 e. The molecule has 1 amide bonds. The van der Waals surface area contributed by atoms with Crippen LogP contribution in [0.1, 0.15) is 65.3 Å². The Morgan fingerprint density at radius 2 is 1.81 bits per heavy atom. The van der Waals surface area contributed by atoms with Crippen molar-refractivity contribution in [1.82, 2.24) is 20.5 Å². The van der Waals surface area contributed by atoms with Crippen molar-refractivity contribution in [3.8, 4) is 5.75 Å². The maximum Gasteiger partial charge on any atom is 0.437 e. The van der Waals surface area contributed by atoms with Gasteiger partial charge >= 0.3 is 12.3 Å². The first-order chi connectivity index (χ1) is 16.6. The highest BCUT2D eigenvalue weighted by molar-refractivity contribution is 5.70. The lowest BCUT2D eigenvalue weighted by Crippen LogP contribution is -2.36. The quantitative estimate of drug-likeness (QED) is 0.488. The van der Waals surface area contributed by atoms with Crippen LogP contribution in [-0.4, -0.2) is 67.6 Å². The number of carbonyl (C=O) groups excluding carboxylic acids is 1. The van der Waals surface area contributed by atoms with Crippen LogP contribution in [0.25, 0.3) is 5.70 Å². The van der Waals surface area contributed by atoms with E-state index in [0.29, 0.717) is 17.8 Å². The lowest BCUT2D eigenvalue weighted by molar-refractivity contribution is -0.143. The summed E-state index contributed by atoms with van der Waals surface area (Å²) in [6.45, 7) is 9.00. The van der Waals surface area contributed by atoms with E-state index in [2.05, 4.69) is 15.6 Å². The number of nitrogens with one attached hydrogen (secondary N) is 2. The summed E-state index contributed by atoms with van der Waals surface area (Å²) < 4.78 is 59.1. The summed E-state index contributed by atoms with van der Waals surface area (Å²) in [6.07, 6.45) is -4.00. The van der Waals surface area contributed by atoms with Crippen molar-refractivity contribution < 1.29 is 32.2 Å². The van der Waals surface area contributed by atoms with Gasteiger partial charge in [-0.3, -0.25) is 0 Å². The fourth-order valence-corrected chi connectivity index (χ4v) is 3.94. The van der Waals surface area contributed by atoms with Crippen LogP contribution >= 0.6 is 0 Å². The Hall–Kier alpha value is -2.69. The van der Waals surface area contributed by atoms with Crippen molar-refractivity contribution in [2.45, 2.75) is 84.0 Å². The number of alkyl halides is 3. The second-order valence-corrected chi connectivity index (χ2v) is 10.2. The maximum absolute atomic E-state index is 14.1. The first kappa shape index (κ1) is 29.5. The molecule has 1 aromatic heterocycles. The average molecular weight is 517 g/mol. The number of carbonyl (C=O) groups is 1. The van der Waals surface area contributed by atoms with Gasteiger partial charge < -0.3 is 29.7 Å². The van der Waals surface area contributed by atoms with Crippen molar-refractivity contribution in [3.05, 3.63) is 29.2 Å². The van der Waals surface area contributed by atoms with Gasteiger partial charge in [0.05, 0.1) is 35.8 Å². The molecule has 36 heavy (non-hydrogen) atoms. The van der Waals surface area contributed by atoms with E-state index < -0.39 is 29.7 Å². The standard InChI is InChI=1S/C25H39F3N4O4/c1-15(2)34-18-10-9-11-19(18)35-20-13-12-16(31-22(20)25(26,27)28)21(29-6)17(32(7)8)14-30-23(33)36-24(3,4)5/h12-13,15,18-19,29H,9-11,14H2,1-8H3,(H,30,33)/b21-17-/t18?,19-/m0/s1. The Labute approximate surface area is 211 Å². The molecule has 0 bridgehead atoms. The molecule has 1 heterocycles. The number of pyridine rings is 1. The summed E-state index contributed by atoms with van der Waals surface area (Å²) in [6, 6.07) is 2.77. The molecule has 0 aliphatic heterocycles. The zero-order chi connectivity index (χ0) is 27.3. The van der Waals surface area contributed by atoms with Crippen molar-refractivity contribution in [2.24, 2.45) is 0 Å². The number of halogens is 3. The van der Waals surface area contributed by atoms with Crippen molar-refractivity contribution >= 4 is 11.8 Å². The summed E-state index contributed by atoms with van der Waals surface area (Å²) in [5.41, 5.74) is -0.890. The Morgan fingerprint density at radius 3 is 2.33 bits per heavy atom. The van der Waals surface area contributed by atoms with Crippen LogP contribution in [0.4, 0.5) is 18.0 Å². The molecular weight excluding hydrogens is 477 g/mol. The van der Waals surface area contributed by atoms with E-state index in [9.17, 15) is 18.0 Å². The summed E-state index contributed by atoms with van der Waals surface area (Å²) >= 11 is 0. The molecule has 11 heteroatoms. The number of nitrogens with zero attached hydrogens (tertiary/aromatic N) is 2. The minimum Gasteiger partial charge on any atom is -0.485 e. The van der Waals surface area contributed by atoms with Crippen LogP contribution in [0.3, 0.4) is 0 Å². The predicted octanol–water partition coefficient (Wildman–Crippen LogP) is 4.80. The van der Waals surface area contributed by atoms with E-state index in [1.807, 2.05) is 13.8 Å². The molecule has 1 aliphatic rings. The van der Waals surface area contributed by atoms with Crippen molar-refractivity contribution in [3.63, 3.8) is 0 Å². The molecular formula is C25H39F3N4O4. The fourth-order valence-electron chi connectivity index (χ4n) is 3.94. The Morgan fingerprint density at radius 1 is 1.17 bits per heavy atom. The van der Waals surface area contributed by atoms with Gasteiger partial charge in [-0.15, -0.1) is 0 Å². The molecule has 0 aromatic carbocycles.